The second-order valence-corrected chi connectivity index (χ2v) is 4.99. The molecule has 2 aromatic carbocycles. The third-order valence-electron chi connectivity index (χ3n) is 3.28. The number of aliphatic hydroxyl groups excluding tert-OH is 1. The molecule has 0 unspecified atom stereocenters. The van der Waals surface area contributed by atoms with Gasteiger partial charge in [0, 0.05) is 12.7 Å². The summed E-state index contributed by atoms with van der Waals surface area (Å²) in [7, 11) is 1.54. The Bertz CT molecular complexity index is 589. The van der Waals surface area contributed by atoms with Gasteiger partial charge in [-0.15, -0.1) is 0 Å². The van der Waals surface area contributed by atoms with Gasteiger partial charge in [-0.25, -0.2) is 4.39 Å². The third kappa shape index (κ3) is 5.32. The van der Waals surface area contributed by atoms with E-state index in [9.17, 15) is 4.39 Å². The molecule has 0 radical (unpaired) electrons. The van der Waals surface area contributed by atoms with E-state index in [0.717, 1.165) is 5.56 Å². The van der Waals surface area contributed by atoms with Crippen LogP contribution in [-0.4, -0.2) is 32.0 Å². The molecule has 4 nitrogen and oxygen atoms in total. The van der Waals surface area contributed by atoms with Gasteiger partial charge in [0.25, 0.3) is 0 Å². The molecule has 0 fully saturated rings. The quantitative estimate of drug-likeness (QED) is 0.771. The van der Waals surface area contributed by atoms with Gasteiger partial charge in [-0.3, -0.25) is 0 Å². The van der Waals surface area contributed by atoms with E-state index >= 15 is 0 Å². The molecule has 1 atom stereocenters. The predicted molar refractivity (Wildman–Crippen MR) is 84.8 cm³/mol. The second kappa shape index (κ2) is 9.25. The summed E-state index contributed by atoms with van der Waals surface area (Å²) in [5.41, 5.74) is 1.58. The monoisotopic (exact) mass is 320 g/mol. The van der Waals surface area contributed by atoms with E-state index in [0.29, 0.717) is 17.9 Å². The van der Waals surface area contributed by atoms with E-state index in [-0.39, 0.29) is 25.6 Å². The number of rotatable bonds is 9. The molecule has 0 saturated carbocycles. The Labute approximate surface area is 135 Å². The molecular formula is C18H21FO4. The van der Waals surface area contributed by atoms with Crippen molar-refractivity contribution >= 4 is 0 Å². The largest absolute Gasteiger partial charge is 0.489 e. The van der Waals surface area contributed by atoms with Crippen molar-refractivity contribution in [3.05, 3.63) is 65.5 Å². The predicted octanol–water partition coefficient (Wildman–Crippen LogP) is 3.10. The Morgan fingerprint density at radius 3 is 2.61 bits per heavy atom. The minimum absolute atomic E-state index is 0.115. The van der Waals surface area contributed by atoms with Crippen LogP contribution in [0.1, 0.15) is 17.2 Å². The van der Waals surface area contributed by atoms with Gasteiger partial charge in [0.05, 0.1) is 19.8 Å². The van der Waals surface area contributed by atoms with Gasteiger partial charge in [0.1, 0.15) is 24.3 Å². The molecule has 5 heteroatoms. The highest BCUT2D eigenvalue weighted by molar-refractivity contribution is 5.36. The lowest BCUT2D eigenvalue weighted by Crippen LogP contribution is -2.15. The molecule has 1 N–H and O–H groups in total. The van der Waals surface area contributed by atoms with Crippen LogP contribution >= 0.6 is 0 Å². The number of hydrogen-bond acceptors (Lipinski definition) is 4. The lowest BCUT2D eigenvalue weighted by atomic mass is 10.1. The van der Waals surface area contributed by atoms with Gasteiger partial charge in [-0.2, -0.15) is 0 Å². The summed E-state index contributed by atoms with van der Waals surface area (Å²) >= 11 is 0. The lowest BCUT2D eigenvalue weighted by Gasteiger charge is -2.20. The Morgan fingerprint density at radius 1 is 1.13 bits per heavy atom. The topological polar surface area (TPSA) is 47.9 Å². The summed E-state index contributed by atoms with van der Waals surface area (Å²) in [6, 6.07) is 14.0. The van der Waals surface area contributed by atoms with Crippen LogP contribution in [-0.2, 0) is 16.1 Å². The zero-order chi connectivity index (χ0) is 16.5. The van der Waals surface area contributed by atoms with Crippen LogP contribution in [0.25, 0.3) is 0 Å². The average molecular weight is 320 g/mol. The smallest absolute Gasteiger partial charge is 0.125 e. The number of aliphatic hydroxyl groups is 1. The summed E-state index contributed by atoms with van der Waals surface area (Å²) in [5.74, 6) is 0.163. The molecule has 0 aliphatic heterocycles. The molecule has 0 bridgehead atoms. The minimum Gasteiger partial charge on any atom is -0.489 e. The first kappa shape index (κ1) is 17.4. The normalized spacial score (nSPS) is 12.1. The van der Waals surface area contributed by atoms with Crippen molar-refractivity contribution < 1.29 is 23.7 Å². The number of halogens is 1. The minimum atomic E-state index is -0.506. The van der Waals surface area contributed by atoms with Crippen molar-refractivity contribution in [1.82, 2.24) is 0 Å². The zero-order valence-electron chi connectivity index (χ0n) is 13.1. The first-order valence-corrected chi connectivity index (χ1v) is 7.42. The van der Waals surface area contributed by atoms with E-state index < -0.39 is 6.10 Å². The van der Waals surface area contributed by atoms with Crippen molar-refractivity contribution in [2.75, 3.05) is 26.9 Å². The Hall–Kier alpha value is -1.95. The van der Waals surface area contributed by atoms with Crippen LogP contribution in [0.5, 0.6) is 5.75 Å². The van der Waals surface area contributed by atoms with Crippen LogP contribution < -0.4 is 4.74 Å². The fourth-order valence-electron chi connectivity index (χ4n) is 2.21. The average Bonchev–Trinajstić information content (AvgIpc) is 2.58. The number of benzene rings is 2. The highest BCUT2D eigenvalue weighted by Crippen LogP contribution is 2.29. The van der Waals surface area contributed by atoms with Gasteiger partial charge < -0.3 is 19.3 Å². The number of ether oxygens (including phenoxy) is 3. The van der Waals surface area contributed by atoms with Crippen LogP contribution in [0.3, 0.4) is 0 Å². The highest BCUT2D eigenvalue weighted by atomic mass is 19.1. The van der Waals surface area contributed by atoms with Crippen LogP contribution in [0.2, 0.25) is 0 Å². The van der Waals surface area contributed by atoms with Crippen LogP contribution in [0.4, 0.5) is 4.39 Å². The maximum Gasteiger partial charge on any atom is 0.125 e. The van der Waals surface area contributed by atoms with Crippen LogP contribution in [0.15, 0.2) is 48.5 Å². The van der Waals surface area contributed by atoms with E-state index in [1.54, 1.807) is 13.2 Å². The Morgan fingerprint density at radius 2 is 1.91 bits per heavy atom. The molecule has 0 spiro atoms. The van der Waals surface area contributed by atoms with Crippen molar-refractivity contribution in [2.45, 2.75) is 12.7 Å². The fourth-order valence-corrected chi connectivity index (χ4v) is 2.21. The van der Waals surface area contributed by atoms with Crippen molar-refractivity contribution in [1.29, 1.82) is 0 Å². The molecule has 0 saturated heterocycles. The second-order valence-electron chi connectivity index (χ2n) is 4.99. The molecular weight excluding hydrogens is 299 g/mol. The Balaban J connectivity index is 2.17. The maximum absolute atomic E-state index is 13.6. The molecule has 0 aliphatic rings. The SMILES string of the molecule is COC[C@H](OCCO)c1cc(F)ccc1OCc1ccccc1. The van der Waals surface area contributed by atoms with Crippen LogP contribution in [0, 0.1) is 5.82 Å². The molecule has 0 aromatic heterocycles. The lowest BCUT2D eigenvalue weighted by molar-refractivity contribution is -0.0184. The zero-order valence-corrected chi connectivity index (χ0v) is 13.1. The van der Waals surface area contributed by atoms with Crippen molar-refractivity contribution in [3.63, 3.8) is 0 Å². The molecule has 0 aliphatic carbocycles. The summed E-state index contributed by atoms with van der Waals surface area (Å²) in [5, 5.41) is 8.94. The first-order valence-electron chi connectivity index (χ1n) is 7.42. The van der Waals surface area contributed by atoms with E-state index in [4.69, 9.17) is 19.3 Å². The van der Waals surface area contributed by atoms with Gasteiger partial charge in [0.15, 0.2) is 0 Å². The van der Waals surface area contributed by atoms with Gasteiger partial charge in [-0.1, -0.05) is 30.3 Å². The summed E-state index contributed by atoms with van der Waals surface area (Å²) < 4.78 is 30.1. The number of methoxy groups -OCH3 is 1. The molecule has 2 rings (SSSR count). The summed E-state index contributed by atoms with van der Waals surface area (Å²) in [4.78, 5) is 0. The van der Waals surface area contributed by atoms with E-state index in [2.05, 4.69) is 0 Å². The number of hydrogen-bond donors (Lipinski definition) is 1. The Kier molecular flexibility index (Phi) is 7.00. The standard InChI is InChI=1S/C18H21FO4/c1-21-13-18(22-10-9-20)16-11-15(19)7-8-17(16)23-12-14-5-3-2-4-6-14/h2-8,11,18,20H,9-10,12-13H2,1H3/t18-/m0/s1. The highest BCUT2D eigenvalue weighted by Gasteiger charge is 2.18. The molecule has 124 valence electrons. The molecule has 0 heterocycles. The van der Waals surface area contributed by atoms with E-state index in [1.807, 2.05) is 30.3 Å². The fraction of sp³-hybridized carbons (Fsp3) is 0.333. The van der Waals surface area contributed by atoms with Gasteiger partial charge in [0.2, 0.25) is 0 Å². The molecule has 0 amide bonds. The molecule has 23 heavy (non-hydrogen) atoms. The van der Waals surface area contributed by atoms with E-state index in [1.165, 1.54) is 12.1 Å². The first-order chi connectivity index (χ1) is 11.2. The molecule has 2 aromatic rings. The third-order valence-corrected chi connectivity index (χ3v) is 3.28. The van der Waals surface area contributed by atoms with Crippen molar-refractivity contribution in [2.24, 2.45) is 0 Å². The van der Waals surface area contributed by atoms with Crippen molar-refractivity contribution in [3.8, 4) is 5.75 Å². The van der Waals surface area contributed by atoms with Gasteiger partial charge >= 0.3 is 0 Å². The summed E-state index contributed by atoms with van der Waals surface area (Å²) in [6.07, 6.45) is -0.506. The summed E-state index contributed by atoms with van der Waals surface area (Å²) in [6.45, 7) is 0.642. The van der Waals surface area contributed by atoms with Gasteiger partial charge in [-0.05, 0) is 23.8 Å². The maximum atomic E-state index is 13.6.